The van der Waals surface area contributed by atoms with E-state index >= 15 is 0 Å². The average molecular weight is 330 g/mol. The molecule has 0 radical (unpaired) electrons. The first-order valence-electron chi connectivity index (χ1n) is 7.25. The Morgan fingerprint density at radius 3 is 2.33 bits per heavy atom. The van der Waals surface area contributed by atoms with Crippen LogP contribution < -0.4 is 0 Å². The van der Waals surface area contributed by atoms with E-state index in [-0.39, 0.29) is 11.7 Å². The number of carbonyl (C=O) groups excluding carboxylic acids is 1. The van der Waals surface area contributed by atoms with Gasteiger partial charge in [0.15, 0.2) is 0 Å². The average Bonchev–Trinajstić information content (AvgIpc) is 2.87. The molecule has 1 aromatic rings. The maximum atomic E-state index is 12.5. The number of rotatable bonds is 4. The van der Waals surface area contributed by atoms with Crippen LogP contribution in [0, 0.1) is 6.92 Å². The fourth-order valence-corrected chi connectivity index (χ4v) is 4.65. The predicted molar refractivity (Wildman–Crippen MR) is 85.4 cm³/mol. The first-order valence-corrected chi connectivity index (χ1v) is 9.68. The summed E-state index contributed by atoms with van der Waals surface area (Å²) in [5, 5.41) is 0. The second-order valence-electron chi connectivity index (χ2n) is 5.14. The minimum absolute atomic E-state index is 0.0244. The Balaban J connectivity index is 2.03. The summed E-state index contributed by atoms with van der Waals surface area (Å²) < 4.78 is 25.1. The van der Waals surface area contributed by atoms with Crippen molar-refractivity contribution >= 4 is 27.3 Å². The summed E-state index contributed by atoms with van der Waals surface area (Å²) in [6, 6.07) is 1.97. The van der Waals surface area contributed by atoms with Crippen molar-refractivity contribution in [3.8, 4) is 0 Å². The molecule has 0 N–H and O–H groups in total. The van der Waals surface area contributed by atoms with Crippen LogP contribution in [0.1, 0.15) is 34.0 Å². The van der Waals surface area contributed by atoms with Crippen molar-refractivity contribution in [1.82, 2.24) is 9.21 Å². The van der Waals surface area contributed by atoms with Gasteiger partial charge in [0.05, 0.1) is 10.6 Å². The van der Waals surface area contributed by atoms with E-state index in [1.807, 2.05) is 13.0 Å². The van der Waals surface area contributed by atoms with E-state index < -0.39 is 10.0 Å². The topological polar surface area (TPSA) is 57.7 Å². The van der Waals surface area contributed by atoms with Crippen LogP contribution in [0.4, 0.5) is 0 Å². The molecule has 2 heterocycles. The summed E-state index contributed by atoms with van der Waals surface area (Å²) in [7, 11) is -3.14. The third-order valence-electron chi connectivity index (χ3n) is 3.90. The van der Waals surface area contributed by atoms with Crippen molar-refractivity contribution in [2.24, 2.45) is 0 Å². The first-order chi connectivity index (χ1) is 9.89. The molecular weight excluding hydrogens is 308 g/mol. The third-order valence-corrected chi connectivity index (χ3v) is 6.86. The lowest BCUT2D eigenvalue weighted by molar-refractivity contribution is 0.0703. The lowest BCUT2D eigenvalue weighted by atomic mass is 10.2. The highest BCUT2D eigenvalue weighted by Gasteiger charge is 2.28. The number of thiophene rings is 1. The SMILES string of the molecule is CCc1cc(C(=O)N2CCN(S(=O)(=O)CC)CC2)sc1C. The normalized spacial score (nSPS) is 17.2. The number of sulfonamides is 1. The van der Waals surface area contributed by atoms with Crippen molar-refractivity contribution in [3.63, 3.8) is 0 Å². The molecule has 0 saturated carbocycles. The number of piperazine rings is 1. The van der Waals surface area contributed by atoms with E-state index in [4.69, 9.17) is 0 Å². The van der Waals surface area contributed by atoms with Gasteiger partial charge < -0.3 is 4.90 Å². The number of hydrogen-bond donors (Lipinski definition) is 0. The van der Waals surface area contributed by atoms with Crippen molar-refractivity contribution in [2.75, 3.05) is 31.9 Å². The van der Waals surface area contributed by atoms with E-state index in [1.165, 1.54) is 26.1 Å². The summed E-state index contributed by atoms with van der Waals surface area (Å²) in [4.78, 5) is 16.2. The van der Waals surface area contributed by atoms with Gasteiger partial charge in [0.2, 0.25) is 10.0 Å². The van der Waals surface area contributed by atoms with Gasteiger partial charge in [-0.05, 0) is 31.9 Å². The Morgan fingerprint density at radius 2 is 1.86 bits per heavy atom. The summed E-state index contributed by atoms with van der Waals surface area (Å²) >= 11 is 1.53. The van der Waals surface area contributed by atoms with Gasteiger partial charge in [-0.1, -0.05) is 6.92 Å². The van der Waals surface area contributed by atoms with Gasteiger partial charge in [0.25, 0.3) is 5.91 Å². The van der Waals surface area contributed by atoms with Gasteiger partial charge in [-0.2, -0.15) is 4.31 Å². The Morgan fingerprint density at radius 1 is 1.24 bits per heavy atom. The molecular formula is C14H22N2O3S2. The first kappa shape index (κ1) is 16.5. The fraction of sp³-hybridized carbons (Fsp3) is 0.643. The van der Waals surface area contributed by atoms with E-state index in [9.17, 15) is 13.2 Å². The van der Waals surface area contributed by atoms with Gasteiger partial charge in [-0.15, -0.1) is 11.3 Å². The molecule has 0 unspecified atom stereocenters. The van der Waals surface area contributed by atoms with E-state index in [1.54, 1.807) is 11.8 Å². The molecule has 5 nitrogen and oxygen atoms in total. The van der Waals surface area contributed by atoms with Crippen molar-refractivity contribution < 1.29 is 13.2 Å². The highest BCUT2D eigenvalue weighted by atomic mass is 32.2. The van der Waals surface area contributed by atoms with Crippen LogP contribution >= 0.6 is 11.3 Å². The molecule has 0 aromatic carbocycles. The predicted octanol–water partition coefficient (Wildman–Crippen LogP) is 1.73. The molecule has 21 heavy (non-hydrogen) atoms. The maximum absolute atomic E-state index is 12.5. The summed E-state index contributed by atoms with van der Waals surface area (Å²) in [5.74, 6) is 0.140. The number of aryl methyl sites for hydroxylation is 2. The Hall–Kier alpha value is -0.920. The van der Waals surface area contributed by atoms with Crippen LogP contribution in [0.25, 0.3) is 0 Å². The number of hydrogen-bond acceptors (Lipinski definition) is 4. The number of amides is 1. The summed E-state index contributed by atoms with van der Waals surface area (Å²) in [6.07, 6.45) is 0.929. The van der Waals surface area contributed by atoms with Crippen LogP contribution in [-0.2, 0) is 16.4 Å². The Bertz CT molecular complexity index is 614. The van der Waals surface area contributed by atoms with E-state index in [0.717, 1.165) is 11.3 Å². The molecule has 1 saturated heterocycles. The minimum Gasteiger partial charge on any atom is -0.335 e. The third kappa shape index (κ3) is 3.46. The number of nitrogens with zero attached hydrogens (tertiary/aromatic N) is 2. The molecule has 1 aromatic heterocycles. The highest BCUT2D eigenvalue weighted by Crippen LogP contribution is 2.24. The molecule has 1 aliphatic heterocycles. The molecule has 0 spiro atoms. The molecule has 118 valence electrons. The summed E-state index contributed by atoms with van der Waals surface area (Å²) in [6.45, 7) is 7.49. The van der Waals surface area contributed by atoms with Gasteiger partial charge in [0.1, 0.15) is 0 Å². The lowest BCUT2D eigenvalue weighted by Crippen LogP contribution is -2.50. The van der Waals surface area contributed by atoms with Crippen molar-refractivity contribution in [1.29, 1.82) is 0 Å². The molecule has 1 amide bonds. The maximum Gasteiger partial charge on any atom is 0.264 e. The lowest BCUT2D eigenvalue weighted by Gasteiger charge is -2.33. The van der Waals surface area contributed by atoms with Gasteiger partial charge in [-0.3, -0.25) is 4.79 Å². The van der Waals surface area contributed by atoms with Crippen LogP contribution in [0.15, 0.2) is 6.07 Å². The van der Waals surface area contributed by atoms with Crippen LogP contribution in [0.5, 0.6) is 0 Å². The van der Waals surface area contributed by atoms with Crippen LogP contribution in [0.3, 0.4) is 0 Å². The largest absolute Gasteiger partial charge is 0.335 e. The zero-order chi connectivity index (χ0) is 15.6. The second-order valence-corrected chi connectivity index (χ2v) is 8.65. The molecule has 0 atom stereocenters. The molecule has 7 heteroatoms. The number of carbonyl (C=O) groups is 1. The van der Waals surface area contributed by atoms with Crippen molar-refractivity contribution in [2.45, 2.75) is 27.2 Å². The smallest absolute Gasteiger partial charge is 0.264 e. The Labute approximate surface area is 130 Å². The molecule has 0 aliphatic carbocycles. The molecule has 1 aliphatic rings. The van der Waals surface area contributed by atoms with E-state index in [0.29, 0.717) is 26.2 Å². The molecule has 2 rings (SSSR count). The van der Waals surface area contributed by atoms with Crippen LogP contribution in [-0.4, -0.2) is 55.5 Å². The van der Waals surface area contributed by atoms with Crippen molar-refractivity contribution in [3.05, 3.63) is 21.4 Å². The van der Waals surface area contributed by atoms with Gasteiger partial charge in [-0.25, -0.2) is 8.42 Å². The zero-order valence-corrected chi connectivity index (χ0v) is 14.4. The van der Waals surface area contributed by atoms with Crippen LogP contribution in [0.2, 0.25) is 0 Å². The molecule has 0 bridgehead atoms. The monoisotopic (exact) mass is 330 g/mol. The summed E-state index contributed by atoms with van der Waals surface area (Å²) in [5.41, 5.74) is 1.22. The van der Waals surface area contributed by atoms with E-state index in [2.05, 4.69) is 6.92 Å². The standard InChI is InChI=1S/C14H22N2O3S2/c1-4-12-10-13(20-11(12)3)14(17)15-6-8-16(9-7-15)21(18,19)5-2/h10H,4-9H2,1-3H3. The van der Waals surface area contributed by atoms with Gasteiger partial charge >= 0.3 is 0 Å². The Kier molecular flexibility index (Phi) is 5.06. The quantitative estimate of drug-likeness (QED) is 0.845. The highest BCUT2D eigenvalue weighted by molar-refractivity contribution is 7.89. The molecule has 1 fully saturated rings. The zero-order valence-electron chi connectivity index (χ0n) is 12.8. The fourth-order valence-electron chi connectivity index (χ4n) is 2.48. The second kappa shape index (κ2) is 6.46. The van der Waals surface area contributed by atoms with Gasteiger partial charge in [0, 0.05) is 31.1 Å². The minimum atomic E-state index is -3.14.